The van der Waals surface area contributed by atoms with Crippen LogP contribution in [0.15, 0.2) is 109 Å². The fraction of sp³-hybridized carbons (Fsp3) is 0.0345. The first-order valence-electron chi connectivity index (χ1n) is 10.8. The molecule has 0 spiro atoms. The molecule has 0 atom stereocenters. The first-order valence-corrected chi connectivity index (χ1v) is 10.8. The van der Waals surface area contributed by atoms with Gasteiger partial charge in [-0.1, -0.05) is 72.8 Å². The summed E-state index contributed by atoms with van der Waals surface area (Å²) in [5.41, 5.74) is 8.80. The van der Waals surface area contributed by atoms with E-state index in [0.29, 0.717) is 0 Å². The second kappa shape index (κ2) is 7.47. The zero-order chi connectivity index (χ0) is 21.5. The lowest BCUT2D eigenvalue weighted by Crippen LogP contribution is -1.96. The van der Waals surface area contributed by atoms with Crippen molar-refractivity contribution in [3.63, 3.8) is 0 Å². The molecule has 6 rings (SSSR count). The first kappa shape index (κ1) is 18.5. The van der Waals surface area contributed by atoms with Gasteiger partial charge < -0.3 is 4.57 Å². The summed E-state index contributed by atoms with van der Waals surface area (Å²) in [7, 11) is 0. The molecular weight excluding hydrogens is 390 g/mol. The van der Waals surface area contributed by atoms with E-state index >= 15 is 0 Å². The maximum atomic E-state index is 4.72. The molecule has 152 valence electrons. The van der Waals surface area contributed by atoms with Crippen LogP contribution in [-0.4, -0.2) is 14.5 Å². The number of aryl methyl sites for hydroxylation is 1. The Morgan fingerprint density at radius 2 is 1.28 bits per heavy atom. The van der Waals surface area contributed by atoms with Crippen LogP contribution < -0.4 is 0 Å². The van der Waals surface area contributed by atoms with Gasteiger partial charge in [-0.3, -0.25) is 0 Å². The van der Waals surface area contributed by atoms with Crippen molar-refractivity contribution in [3.05, 3.63) is 115 Å². The Hall–Kier alpha value is -4.24. The summed E-state index contributed by atoms with van der Waals surface area (Å²) in [4.78, 5) is 9.20. The molecule has 0 aliphatic carbocycles. The van der Waals surface area contributed by atoms with Gasteiger partial charge in [0.05, 0.1) is 16.7 Å². The Kier molecular flexibility index (Phi) is 4.32. The minimum atomic E-state index is 0.960. The van der Waals surface area contributed by atoms with Gasteiger partial charge in [-0.05, 0) is 42.8 Å². The summed E-state index contributed by atoms with van der Waals surface area (Å²) in [5, 5.41) is 2.46. The van der Waals surface area contributed by atoms with Crippen molar-refractivity contribution in [2.75, 3.05) is 0 Å². The number of benzene rings is 4. The number of para-hydroxylation sites is 2. The molecule has 0 saturated carbocycles. The average Bonchev–Trinajstić information content (AvgIpc) is 3.19. The van der Waals surface area contributed by atoms with Crippen LogP contribution in [0.1, 0.15) is 5.69 Å². The summed E-state index contributed by atoms with van der Waals surface area (Å²) >= 11 is 0. The third-order valence-corrected chi connectivity index (χ3v) is 6.06. The summed E-state index contributed by atoms with van der Waals surface area (Å²) in [6, 6.07) is 36.2. The van der Waals surface area contributed by atoms with Gasteiger partial charge in [-0.15, -0.1) is 0 Å². The van der Waals surface area contributed by atoms with E-state index in [1.807, 2.05) is 13.0 Å². The van der Waals surface area contributed by atoms with E-state index in [0.717, 1.165) is 33.8 Å². The van der Waals surface area contributed by atoms with Crippen molar-refractivity contribution in [2.24, 2.45) is 0 Å². The van der Waals surface area contributed by atoms with E-state index in [2.05, 4.69) is 107 Å². The van der Waals surface area contributed by atoms with Gasteiger partial charge in [0.2, 0.25) is 0 Å². The molecule has 32 heavy (non-hydrogen) atoms. The quantitative estimate of drug-likeness (QED) is 0.308. The van der Waals surface area contributed by atoms with Gasteiger partial charge in [-0.25, -0.2) is 9.97 Å². The van der Waals surface area contributed by atoms with Gasteiger partial charge >= 0.3 is 0 Å². The number of hydrogen-bond donors (Lipinski definition) is 0. The number of nitrogens with zero attached hydrogens (tertiary/aromatic N) is 3. The van der Waals surface area contributed by atoms with Crippen LogP contribution in [-0.2, 0) is 0 Å². The predicted molar refractivity (Wildman–Crippen MR) is 132 cm³/mol. The summed E-state index contributed by atoms with van der Waals surface area (Å²) < 4.78 is 2.33. The Morgan fingerprint density at radius 3 is 2.09 bits per heavy atom. The molecule has 0 unspecified atom stereocenters. The fourth-order valence-electron chi connectivity index (χ4n) is 4.62. The predicted octanol–water partition coefficient (Wildman–Crippen LogP) is 7.22. The summed E-state index contributed by atoms with van der Waals surface area (Å²) in [6.07, 6.45) is 1.66. The molecule has 0 aliphatic rings. The molecule has 3 heteroatoms. The van der Waals surface area contributed by atoms with E-state index in [1.165, 1.54) is 21.8 Å². The van der Waals surface area contributed by atoms with Crippen molar-refractivity contribution in [1.82, 2.24) is 14.5 Å². The second-order valence-corrected chi connectivity index (χ2v) is 7.97. The SMILES string of the molecule is Cc1ncnc(-c2ccc3c(c2)c2ccccc2n3-c2ccccc2)c1-c1ccccc1. The molecule has 0 N–H and O–H groups in total. The van der Waals surface area contributed by atoms with Crippen LogP contribution in [0.5, 0.6) is 0 Å². The second-order valence-electron chi connectivity index (χ2n) is 7.97. The molecule has 2 heterocycles. The van der Waals surface area contributed by atoms with Crippen LogP contribution in [0, 0.1) is 6.92 Å². The van der Waals surface area contributed by atoms with E-state index in [4.69, 9.17) is 4.98 Å². The average molecular weight is 412 g/mol. The topological polar surface area (TPSA) is 30.7 Å². The standard InChI is InChI=1S/C29H21N3/c1-20-28(21-10-4-2-5-11-21)29(31-19-30-20)22-16-17-27-25(18-22)24-14-8-9-15-26(24)32(27)23-12-6-3-7-13-23/h2-19H,1H3. The zero-order valence-electron chi connectivity index (χ0n) is 17.7. The van der Waals surface area contributed by atoms with Crippen LogP contribution in [0.25, 0.3) is 49.9 Å². The molecule has 2 aromatic heterocycles. The van der Waals surface area contributed by atoms with Crippen molar-refractivity contribution in [2.45, 2.75) is 6.92 Å². The molecule has 0 saturated heterocycles. The Balaban J connectivity index is 1.64. The highest BCUT2D eigenvalue weighted by atomic mass is 15.0. The van der Waals surface area contributed by atoms with E-state index in [1.54, 1.807) is 6.33 Å². The van der Waals surface area contributed by atoms with Crippen LogP contribution in [0.2, 0.25) is 0 Å². The van der Waals surface area contributed by atoms with Gasteiger partial charge in [0.25, 0.3) is 0 Å². The highest BCUT2D eigenvalue weighted by Crippen LogP contribution is 2.37. The molecule has 0 aliphatic heterocycles. The molecule has 0 bridgehead atoms. The number of fused-ring (bicyclic) bond motifs is 3. The minimum absolute atomic E-state index is 0.960. The molecule has 0 radical (unpaired) electrons. The largest absolute Gasteiger partial charge is 0.309 e. The number of aromatic nitrogens is 3. The molecule has 0 fully saturated rings. The number of rotatable bonds is 3. The molecular formula is C29H21N3. The lowest BCUT2D eigenvalue weighted by molar-refractivity contribution is 1.11. The van der Waals surface area contributed by atoms with Gasteiger partial charge in [0, 0.05) is 33.3 Å². The summed E-state index contributed by atoms with van der Waals surface area (Å²) in [5.74, 6) is 0. The van der Waals surface area contributed by atoms with Crippen LogP contribution >= 0.6 is 0 Å². The molecule has 4 aromatic carbocycles. The Bertz CT molecular complexity index is 1560. The lowest BCUT2D eigenvalue weighted by Gasteiger charge is -2.12. The third kappa shape index (κ3) is 2.90. The van der Waals surface area contributed by atoms with Crippen molar-refractivity contribution >= 4 is 21.8 Å². The van der Waals surface area contributed by atoms with E-state index in [-0.39, 0.29) is 0 Å². The zero-order valence-corrected chi connectivity index (χ0v) is 17.7. The van der Waals surface area contributed by atoms with Crippen molar-refractivity contribution < 1.29 is 0 Å². The summed E-state index contributed by atoms with van der Waals surface area (Å²) in [6.45, 7) is 2.05. The highest BCUT2D eigenvalue weighted by molar-refractivity contribution is 6.10. The van der Waals surface area contributed by atoms with Crippen LogP contribution in [0.3, 0.4) is 0 Å². The van der Waals surface area contributed by atoms with Gasteiger partial charge in [0.15, 0.2) is 0 Å². The third-order valence-electron chi connectivity index (χ3n) is 6.06. The maximum absolute atomic E-state index is 4.72. The van der Waals surface area contributed by atoms with Crippen LogP contribution in [0.4, 0.5) is 0 Å². The van der Waals surface area contributed by atoms with Gasteiger partial charge in [-0.2, -0.15) is 0 Å². The minimum Gasteiger partial charge on any atom is -0.309 e. The van der Waals surface area contributed by atoms with E-state index in [9.17, 15) is 0 Å². The smallest absolute Gasteiger partial charge is 0.116 e. The highest BCUT2D eigenvalue weighted by Gasteiger charge is 2.16. The van der Waals surface area contributed by atoms with Crippen molar-refractivity contribution in [3.8, 4) is 28.1 Å². The maximum Gasteiger partial charge on any atom is 0.116 e. The Morgan fingerprint density at radius 1 is 0.594 bits per heavy atom. The molecule has 6 aromatic rings. The van der Waals surface area contributed by atoms with E-state index < -0.39 is 0 Å². The molecule has 0 amide bonds. The monoisotopic (exact) mass is 411 g/mol. The first-order chi connectivity index (χ1) is 15.8. The van der Waals surface area contributed by atoms with Gasteiger partial charge in [0.1, 0.15) is 6.33 Å². The Labute approximate surface area is 186 Å². The number of hydrogen-bond acceptors (Lipinski definition) is 2. The normalized spacial score (nSPS) is 11.3. The fourth-order valence-corrected chi connectivity index (χ4v) is 4.62. The van der Waals surface area contributed by atoms with Crippen molar-refractivity contribution in [1.29, 1.82) is 0 Å². The molecule has 3 nitrogen and oxygen atoms in total. The lowest BCUT2D eigenvalue weighted by atomic mass is 9.97.